The van der Waals surface area contributed by atoms with Gasteiger partial charge in [0, 0.05) is 22.9 Å². The van der Waals surface area contributed by atoms with E-state index in [9.17, 15) is 4.21 Å². The molecule has 0 radical (unpaired) electrons. The van der Waals surface area contributed by atoms with E-state index in [1.54, 1.807) is 7.11 Å². The lowest BCUT2D eigenvalue weighted by Gasteiger charge is -2.22. The van der Waals surface area contributed by atoms with Crippen LogP contribution in [0.3, 0.4) is 0 Å². The van der Waals surface area contributed by atoms with E-state index in [0.29, 0.717) is 17.9 Å². The maximum Gasteiger partial charge on any atom is 0.135 e. The Morgan fingerprint density at radius 2 is 1.62 bits per heavy atom. The summed E-state index contributed by atoms with van der Waals surface area (Å²) in [6, 6.07) is 21.1. The molecule has 1 aliphatic heterocycles. The molecule has 0 bridgehead atoms. The number of benzene rings is 3. The van der Waals surface area contributed by atoms with Crippen molar-refractivity contribution in [2.75, 3.05) is 7.11 Å². The number of ether oxygens (including phenoxy) is 2. The Morgan fingerprint density at radius 1 is 0.875 bits per heavy atom. The molecule has 1 unspecified atom stereocenters. The lowest BCUT2D eigenvalue weighted by molar-refractivity contribution is 0.406. The molecule has 24 heavy (non-hydrogen) atoms. The van der Waals surface area contributed by atoms with Crippen molar-refractivity contribution in [3.05, 3.63) is 77.9 Å². The second-order valence-corrected chi connectivity index (χ2v) is 6.99. The van der Waals surface area contributed by atoms with Gasteiger partial charge >= 0.3 is 0 Å². The lowest BCUT2D eigenvalue weighted by Crippen LogP contribution is -2.10. The molecule has 0 amide bonds. The SMILES string of the molecule is COc1cc(Oc2ccccc2)c2c(c1)S(=O)c1ccccc1C2. The topological polar surface area (TPSA) is 35.5 Å². The number of hydrogen-bond donors (Lipinski definition) is 0. The van der Waals surface area contributed by atoms with Gasteiger partial charge in [0.05, 0.1) is 22.8 Å². The molecule has 1 aliphatic rings. The maximum absolute atomic E-state index is 13.0. The highest BCUT2D eigenvalue weighted by Crippen LogP contribution is 2.40. The summed E-state index contributed by atoms with van der Waals surface area (Å²) >= 11 is 0. The highest BCUT2D eigenvalue weighted by atomic mass is 32.2. The van der Waals surface area contributed by atoms with Gasteiger partial charge in [0.15, 0.2) is 0 Å². The molecule has 1 heterocycles. The van der Waals surface area contributed by atoms with E-state index in [-0.39, 0.29) is 0 Å². The molecule has 0 N–H and O–H groups in total. The van der Waals surface area contributed by atoms with Gasteiger partial charge in [-0.3, -0.25) is 0 Å². The third kappa shape index (κ3) is 2.59. The average Bonchev–Trinajstić information content (AvgIpc) is 2.63. The van der Waals surface area contributed by atoms with Gasteiger partial charge < -0.3 is 9.47 Å². The van der Waals surface area contributed by atoms with E-state index < -0.39 is 10.8 Å². The van der Waals surface area contributed by atoms with Crippen molar-refractivity contribution in [1.29, 1.82) is 0 Å². The molecule has 120 valence electrons. The minimum absolute atomic E-state index is 0.646. The number of methoxy groups -OCH3 is 1. The van der Waals surface area contributed by atoms with Crippen molar-refractivity contribution in [2.24, 2.45) is 0 Å². The van der Waals surface area contributed by atoms with Crippen LogP contribution in [-0.2, 0) is 17.2 Å². The van der Waals surface area contributed by atoms with Crippen molar-refractivity contribution in [3.63, 3.8) is 0 Å². The zero-order valence-corrected chi connectivity index (χ0v) is 14.0. The van der Waals surface area contributed by atoms with Crippen LogP contribution in [0.15, 0.2) is 76.5 Å². The predicted octanol–water partition coefficient (Wildman–Crippen LogP) is 4.56. The van der Waals surface area contributed by atoms with Crippen molar-refractivity contribution >= 4 is 10.8 Å². The summed E-state index contributed by atoms with van der Waals surface area (Å²) in [5, 5.41) is 0. The molecule has 1 atom stereocenters. The molecule has 0 aliphatic carbocycles. The van der Waals surface area contributed by atoms with Crippen molar-refractivity contribution < 1.29 is 13.7 Å². The minimum Gasteiger partial charge on any atom is -0.497 e. The summed E-state index contributed by atoms with van der Waals surface area (Å²) in [5.41, 5.74) is 2.03. The maximum atomic E-state index is 13.0. The first kappa shape index (κ1) is 15.0. The Morgan fingerprint density at radius 3 is 2.42 bits per heavy atom. The van der Waals surface area contributed by atoms with E-state index in [0.717, 1.165) is 26.7 Å². The fraction of sp³-hybridized carbons (Fsp3) is 0.100. The summed E-state index contributed by atoms with van der Waals surface area (Å²) < 4.78 is 24.4. The molecule has 3 aromatic carbocycles. The number of fused-ring (bicyclic) bond motifs is 2. The van der Waals surface area contributed by atoms with E-state index in [1.165, 1.54) is 0 Å². The second kappa shape index (κ2) is 6.13. The Hall–Kier alpha value is -2.59. The van der Waals surface area contributed by atoms with Gasteiger partial charge in [0.1, 0.15) is 17.2 Å². The van der Waals surface area contributed by atoms with Gasteiger partial charge in [-0.05, 0) is 29.8 Å². The van der Waals surface area contributed by atoms with E-state index >= 15 is 0 Å². The Bertz CT molecular complexity index is 919. The molecule has 0 aromatic heterocycles. The first-order chi connectivity index (χ1) is 11.8. The van der Waals surface area contributed by atoms with Crippen LogP contribution in [0.5, 0.6) is 17.2 Å². The Labute approximate surface area is 143 Å². The summed E-state index contributed by atoms with van der Waals surface area (Å²) in [7, 11) is 0.375. The van der Waals surface area contributed by atoms with Crippen molar-refractivity contribution in [3.8, 4) is 17.2 Å². The van der Waals surface area contributed by atoms with E-state index in [4.69, 9.17) is 9.47 Å². The van der Waals surface area contributed by atoms with Gasteiger partial charge in [-0.15, -0.1) is 0 Å². The van der Waals surface area contributed by atoms with Crippen LogP contribution in [0.4, 0.5) is 0 Å². The quantitative estimate of drug-likeness (QED) is 0.550. The fourth-order valence-corrected chi connectivity index (χ4v) is 4.34. The zero-order chi connectivity index (χ0) is 16.5. The second-order valence-electron chi connectivity index (χ2n) is 5.57. The van der Waals surface area contributed by atoms with Gasteiger partial charge in [0.25, 0.3) is 0 Å². The monoisotopic (exact) mass is 336 g/mol. The van der Waals surface area contributed by atoms with Crippen LogP contribution in [0.1, 0.15) is 11.1 Å². The summed E-state index contributed by atoms with van der Waals surface area (Å²) in [4.78, 5) is 1.63. The van der Waals surface area contributed by atoms with Gasteiger partial charge in [-0.1, -0.05) is 36.4 Å². The smallest absolute Gasteiger partial charge is 0.135 e. The van der Waals surface area contributed by atoms with Gasteiger partial charge in [-0.25, -0.2) is 4.21 Å². The van der Waals surface area contributed by atoms with Crippen molar-refractivity contribution in [2.45, 2.75) is 16.2 Å². The van der Waals surface area contributed by atoms with Crippen molar-refractivity contribution in [1.82, 2.24) is 0 Å². The number of rotatable bonds is 3. The molecule has 0 spiro atoms. The van der Waals surface area contributed by atoms with Gasteiger partial charge in [-0.2, -0.15) is 0 Å². The van der Waals surface area contributed by atoms with Crippen LogP contribution in [0, 0.1) is 0 Å². The minimum atomic E-state index is -1.23. The van der Waals surface area contributed by atoms with Gasteiger partial charge in [0.2, 0.25) is 0 Å². The molecule has 0 fully saturated rings. The number of para-hydroxylation sites is 1. The average molecular weight is 336 g/mol. The molecule has 4 heteroatoms. The molecule has 0 saturated carbocycles. The standard InChI is InChI=1S/C20H16O3S/c1-22-16-12-18(23-15-8-3-2-4-9-15)17-11-14-7-5-6-10-19(14)24(21)20(17)13-16/h2-10,12-13H,11H2,1H3. The zero-order valence-electron chi connectivity index (χ0n) is 13.2. The summed E-state index contributed by atoms with van der Waals surface area (Å²) in [6.45, 7) is 0. The van der Waals surface area contributed by atoms with Crippen LogP contribution in [-0.4, -0.2) is 11.3 Å². The molecule has 3 nitrogen and oxygen atoms in total. The fourth-order valence-electron chi connectivity index (χ4n) is 2.90. The summed E-state index contributed by atoms with van der Waals surface area (Å²) in [6.07, 6.45) is 0.698. The highest BCUT2D eigenvalue weighted by Gasteiger charge is 2.26. The third-order valence-electron chi connectivity index (χ3n) is 4.09. The molecular formula is C20H16O3S. The summed E-state index contributed by atoms with van der Waals surface area (Å²) in [5.74, 6) is 2.09. The third-order valence-corrected chi connectivity index (χ3v) is 5.65. The Balaban J connectivity index is 1.85. The first-order valence-corrected chi connectivity index (χ1v) is 8.85. The van der Waals surface area contributed by atoms with E-state index in [1.807, 2.05) is 66.7 Å². The molecule has 0 saturated heterocycles. The lowest BCUT2D eigenvalue weighted by atomic mass is 10.0. The van der Waals surface area contributed by atoms with Crippen LogP contribution >= 0.6 is 0 Å². The molecule has 3 aromatic rings. The normalized spacial score (nSPS) is 15.3. The number of hydrogen-bond acceptors (Lipinski definition) is 3. The van der Waals surface area contributed by atoms with Crippen LogP contribution in [0.2, 0.25) is 0 Å². The predicted molar refractivity (Wildman–Crippen MR) is 93.4 cm³/mol. The highest BCUT2D eigenvalue weighted by molar-refractivity contribution is 7.85. The molecular weight excluding hydrogens is 320 g/mol. The van der Waals surface area contributed by atoms with Crippen LogP contribution in [0.25, 0.3) is 0 Å². The largest absolute Gasteiger partial charge is 0.497 e. The molecule has 4 rings (SSSR count). The Kier molecular flexibility index (Phi) is 3.82. The van der Waals surface area contributed by atoms with Crippen LogP contribution < -0.4 is 9.47 Å². The van der Waals surface area contributed by atoms with E-state index in [2.05, 4.69) is 0 Å². The first-order valence-electron chi connectivity index (χ1n) is 7.70.